The lowest BCUT2D eigenvalue weighted by Crippen LogP contribution is -2.46. The van der Waals surface area contributed by atoms with Gasteiger partial charge in [-0.05, 0) is 50.1 Å². The number of hydrogen-bond acceptors (Lipinski definition) is 2. The molecule has 1 N–H and O–H groups in total. The van der Waals surface area contributed by atoms with Crippen molar-refractivity contribution in [3.63, 3.8) is 0 Å². The van der Waals surface area contributed by atoms with Crippen LogP contribution in [0.1, 0.15) is 36.5 Å². The fourth-order valence-electron chi connectivity index (χ4n) is 2.34. The molecular weight excluding hydrogens is 205 g/mol. The molecule has 3 heteroatoms. The third-order valence-corrected chi connectivity index (χ3v) is 3.39. The molecule has 1 fully saturated rings. The van der Waals surface area contributed by atoms with Crippen LogP contribution in [0.5, 0.6) is 0 Å². The summed E-state index contributed by atoms with van der Waals surface area (Å²) < 4.78 is 12.8. The molecule has 1 aromatic rings. The summed E-state index contributed by atoms with van der Waals surface area (Å²) in [6.45, 7) is 2.90. The lowest BCUT2D eigenvalue weighted by Gasteiger charge is -2.26. The van der Waals surface area contributed by atoms with Crippen LogP contribution < -0.4 is 5.32 Å². The smallest absolute Gasteiger partial charge is 0.182 e. The summed E-state index contributed by atoms with van der Waals surface area (Å²) >= 11 is 0. The largest absolute Gasteiger partial charge is 0.305 e. The molecule has 0 aromatic heterocycles. The van der Waals surface area contributed by atoms with Gasteiger partial charge in [-0.25, -0.2) is 4.39 Å². The van der Waals surface area contributed by atoms with Crippen LogP contribution in [0.4, 0.5) is 4.39 Å². The third kappa shape index (κ3) is 1.87. The van der Waals surface area contributed by atoms with Crippen molar-refractivity contribution in [3.8, 4) is 0 Å². The topological polar surface area (TPSA) is 29.1 Å². The lowest BCUT2D eigenvalue weighted by atomic mass is 9.85. The Hall–Kier alpha value is -1.22. The second-order valence-corrected chi connectivity index (χ2v) is 4.30. The highest BCUT2D eigenvalue weighted by atomic mass is 19.1. The first-order valence-corrected chi connectivity index (χ1v) is 5.73. The van der Waals surface area contributed by atoms with Gasteiger partial charge in [-0.2, -0.15) is 0 Å². The van der Waals surface area contributed by atoms with E-state index >= 15 is 0 Å². The van der Waals surface area contributed by atoms with Crippen molar-refractivity contribution in [3.05, 3.63) is 35.6 Å². The van der Waals surface area contributed by atoms with Gasteiger partial charge in [0.1, 0.15) is 5.82 Å². The average molecular weight is 221 g/mol. The molecule has 1 aliphatic heterocycles. The molecule has 1 aromatic carbocycles. The first-order valence-electron chi connectivity index (χ1n) is 5.73. The zero-order valence-electron chi connectivity index (χ0n) is 9.42. The van der Waals surface area contributed by atoms with Gasteiger partial charge in [-0.1, -0.05) is 6.92 Å². The van der Waals surface area contributed by atoms with Gasteiger partial charge in [0.2, 0.25) is 0 Å². The standard InChI is InChI=1S/C13H16FNO/c1-2-13(8-3-9-15-13)12(16)10-4-6-11(14)7-5-10/h4-7,15H,2-3,8-9H2,1H3. The number of rotatable bonds is 3. The van der Waals surface area contributed by atoms with E-state index in [1.807, 2.05) is 6.92 Å². The van der Waals surface area contributed by atoms with E-state index in [2.05, 4.69) is 5.32 Å². The molecule has 86 valence electrons. The van der Waals surface area contributed by atoms with Crippen LogP contribution >= 0.6 is 0 Å². The fourth-order valence-corrected chi connectivity index (χ4v) is 2.34. The number of hydrogen-bond donors (Lipinski definition) is 1. The minimum absolute atomic E-state index is 0.0903. The molecule has 1 aliphatic rings. The second kappa shape index (κ2) is 4.34. The van der Waals surface area contributed by atoms with Crippen LogP contribution in [0.2, 0.25) is 0 Å². The molecule has 1 heterocycles. The molecule has 0 bridgehead atoms. The zero-order valence-corrected chi connectivity index (χ0v) is 9.42. The number of Topliss-reactive ketones (excluding diaryl/α,β-unsaturated/α-hetero) is 1. The van der Waals surface area contributed by atoms with E-state index in [4.69, 9.17) is 0 Å². The van der Waals surface area contributed by atoms with Gasteiger partial charge < -0.3 is 5.32 Å². The maximum atomic E-state index is 12.8. The maximum Gasteiger partial charge on any atom is 0.182 e. The van der Waals surface area contributed by atoms with Crippen molar-refractivity contribution in [1.29, 1.82) is 0 Å². The van der Waals surface area contributed by atoms with E-state index in [9.17, 15) is 9.18 Å². The third-order valence-electron chi connectivity index (χ3n) is 3.39. The van der Waals surface area contributed by atoms with Gasteiger partial charge in [-0.3, -0.25) is 4.79 Å². The minimum atomic E-state index is -0.419. The van der Waals surface area contributed by atoms with E-state index in [1.54, 1.807) is 12.1 Å². The molecule has 1 saturated heterocycles. The predicted molar refractivity (Wildman–Crippen MR) is 61.0 cm³/mol. The lowest BCUT2D eigenvalue weighted by molar-refractivity contribution is 0.0864. The fraction of sp³-hybridized carbons (Fsp3) is 0.462. The first kappa shape index (κ1) is 11.3. The highest BCUT2D eigenvalue weighted by Gasteiger charge is 2.39. The van der Waals surface area contributed by atoms with Crippen LogP contribution in [0.15, 0.2) is 24.3 Å². The Morgan fingerprint density at radius 3 is 2.62 bits per heavy atom. The Morgan fingerprint density at radius 1 is 1.44 bits per heavy atom. The molecule has 0 spiro atoms. The Labute approximate surface area is 94.9 Å². The van der Waals surface area contributed by atoms with Crippen molar-refractivity contribution in [2.45, 2.75) is 31.7 Å². The van der Waals surface area contributed by atoms with Crippen molar-refractivity contribution in [2.75, 3.05) is 6.54 Å². The van der Waals surface area contributed by atoms with Crippen LogP contribution in [-0.2, 0) is 0 Å². The van der Waals surface area contributed by atoms with Gasteiger partial charge in [0, 0.05) is 5.56 Å². The highest BCUT2D eigenvalue weighted by Crippen LogP contribution is 2.27. The van der Waals surface area contributed by atoms with Crippen LogP contribution in [0.25, 0.3) is 0 Å². The van der Waals surface area contributed by atoms with Gasteiger partial charge in [-0.15, -0.1) is 0 Å². The first-order chi connectivity index (χ1) is 7.68. The Balaban J connectivity index is 2.26. The van der Waals surface area contributed by atoms with Gasteiger partial charge in [0.15, 0.2) is 5.78 Å². The molecule has 0 amide bonds. The minimum Gasteiger partial charge on any atom is -0.305 e. The van der Waals surface area contributed by atoms with Crippen LogP contribution in [0, 0.1) is 5.82 Å². The summed E-state index contributed by atoms with van der Waals surface area (Å²) in [5.74, 6) is -0.214. The number of carbonyl (C=O) groups is 1. The van der Waals surface area contributed by atoms with Crippen LogP contribution in [-0.4, -0.2) is 17.9 Å². The number of carbonyl (C=O) groups excluding carboxylic acids is 1. The van der Waals surface area contributed by atoms with Crippen LogP contribution in [0.3, 0.4) is 0 Å². The Morgan fingerprint density at radius 2 is 2.12 bits per heavy atom. The molecular formula is C13H16FNO. The van der Waals surface area contributed by atoms with Gasteiger partial charge in [0.25, 0.3) is 0 Å². The Bertz CT molecular complexity index is 379. The average Bonchev–Trinajstić information content (AvgIpc) is 2.79. The number of ketones is 1. The second-order valence-electron chi connectivity index (χ2n) is 4.30. The molecule has 0 aliphatic carbocycles. The van der Waals surface area contributed by atoms with Crippen molar-refractivity contribution < 1.29 is 9.18 Å². The Kier molecular flexibility index (Phi) is 3.06. The van der Waals surface area contributed by atoms with E-state index in [0.717, 1.165) is 25.8 Å². The summed E-state index contributed by atoms with van der Waals surface area (Å²) in [5, 5.41) is 3.29. The molecule has 2 rings (SSSR count). The monoisotopic (exact) mass is 221 g/mol. The molecule has 16 heavy (non-hydrogen) atoms. The summed E-state index contributed by atoms with van der Waals surface area (Å²) in [7, 11) is 0. The molecule has 1 atom stereocenters. The van der Waals surface area contributed by atoms with Crippen molar-refractivity contribution in [1.82, 2.24) is 5.32 Å². The number of nitrogens with one attached hydrogen (secondary N) is 1. The van der Waals surface area contributed by atoms with Crippen molar-refractivity contribution in [2.24, 2.45) is 0 Å². The molecule has 1 unspecified atom stereocenters. The zero-order chi connectivity index (χ0) is 11.6. The number of benzene rings is 1. The summed E-state index contributed by atoms with van der Waals surface area (Å²) in [6.07, 6.45) is 2.68. The van der Waals surface area contributed by atoms with E-state index < -0.39 is 5.54 Å². The molecule has 2 nitrogen and oxygen atoms in total. The summed E-state index contributed by atoms with van der Waals surface area (Å²) in [4.78, 5) is 12.3. The summed E-state index contributed by atoms with van der Waals surface area (Å²) in [5.41, 5.74) is 0.176. The highest BCUT2D eigenvalue weighted by molar-refractivity contribution is 6.03. The molecule has 0 saturated carbocycles. The normalized spacial score (nSPS) is 24.6. The van der Waals surface area contributed by atoms with Gasteiger partial charge >= 0.3 is 0 Å². The predicted octanol–water partition coefficient (Wildman–Crippen LogP) is 2.54. The van der Waals surface area contributed by atoms with Gasteiger partial charge in [0.05, 0.1) is 5.54 Å². The maximum absolute atomic E-state index is 12.8. The quantitative estimate of drug-likeness (QED) is 0.795. The summed E-state index contributed by atoms with van der Waals surface area (Å²) in [6, 6.07) is 5.81. The van der Waals surface area contributed by atoms with E-state index in [1.165, 1.54) is 12.1 Å². The SMILES string of the molecule is CCC1(C(=O)c2ccc(F)cc2)CCCN1. The molecule has 0 radical (unpaired) electrons. The van der Waals surface area contributed by atoms with Crippen molar-refractivity contribution >= 4 is 5.78 Å². The number of halogens is 1. The van der Waals surface area contributed by atoms with E-state index in [-0.39, 0.29) is 11.6 Å². The van der Waals surface area contributed by atoms with E-state index in [0.29, 0.717) is 5.56 Å².